The van der Waals surface area contributed by atoms with Crippen LogP contribution in [0.2, 0.25) is 5.02 Å². The normalized spacial score (nSPS) is 14.5. The highest BCUT2D eigenvalue weighted by Crippen LogP contribution is 2.30. The summed E-state index contributed by atoms with van der Waals surface area (Å²) in [5, 5.41) is 3.45. The van der Waals surface area contributed by atoms with Gasteiger partial charge in [-0.05, 0) is 44.2 Å². The largest absolute Gasteiger partial charge is 0.478 e. The maximum Gasteiger partial charge on any atom is 0.267 e. The molecule has 0 spiro atoms. The number of carbonyl (C=O) groups is 2. The van der Waals surface area contributed by atoms with E-state index in [2.05, 4.69) is 10.2 Å². The number of nitrogens with zero attached hydrogens (tertiary/aromatic N) is 2. The lowest BCUT2D eigenvalue weighted by Gasteiger charge is -2.37. The quantitative estimate of drug-likeness (QED) is 0.716. The number of nitrogens with one attached hydrogen (secondary N) is 1. The predicted octanol–water partition coefficient (Wildman–Crippen LogP) is 4.44. The van der Waals surface area contributed by atoms with E-state index >= 15 is 0 Å². The summed E-state index contributed by atoms with van der Waals surface area (Å²) < 4.78 is 5.85. The van der Waals surface area contributed by atoms with E-state index in [4.69, 9.17) is 16.3 Å². The van der Waals surface area contributed by atoms with Crippen molar-refractivity contribution in [1.29, 1.82) is 0 Å². The molecule has 2 aromatic rings. The molecule has 1 aliphatic rings. The first-order chi connectivity index (χ1) is 14.7. The second-order valence-corrected chi connectivity index (χ2v) is 8.92. The standard InChI is InChI=1S/C24H30ClN3O3/c1-17(2)22(29)28-14-12-27(13-15-28)21-11-10-18(16-20(21)25)26-23(30)24(3,4)31-19-8-6-5-7-9-19/h5-11,16-17H,12-15H2,1-4H3,(H,26,30). The highest BCUT2D eigenvalue weighted by Gasteiger charge is 2.30. The van der Waals surface area contributed by atoms with Crippen LogP contribution in [0.3, 0.4) is 0 Å². The zero-order valence-corrected chi connectivity index (χ0v) is 19.3. The van der Waals surface area contributed by atoms with Gasteiger partial charge in [-0.3, -0.25) is 9.59 Å². The topological polar surface area (TPSA) is 61.9 Å². The average Bonchev–Trinajstić information content (AvgIpc) is 2.74. The molecule has 1 aliphatic heterocycles. The second kappa shape index (κ2) is 9.60. The number of anilines is 2. The van der Waals surface area contributed by atoms with Crippen molar-refractivity contribution in [3.8, 4) is 5.75 Å². The number of piperazine rings is 1. The van der Waals surface area contributed by atoms with E-state index in [9.17, 15) is 9.59 Å². The van der Waals surface area contributed by atoms with Crippen molar-refractivity contribution in [2.24, 2.45) is 5.92 Å². The van der Waals surface area contributed by atoms with Crippen molar-refractivity contribution in [2.45, 2.75) is 33.3 Å². The fraction of sp³-hybridized carbons (Fsp3) is 0.417. The number of amides is 2. The Hall–Kier alpha value is -2.73. The highest BCUT2D eigenvalue weighted by atomic mass is 35.5. The summed E-state index contributed by atoms with van der Waals surface area (Å²) in [7, 11) is 0. The second-order valence-electron chi connectivity index (χ2n) is 8.51. The zero-order valence-electron chi connectivity index (χ0n) is 18.5. The van der Waals surface area contributed by atoms with E-state index in [0.29, 0.717) is 29.5 Å². The van der Waals surface area contributed by atoms with Crippen LogP contribution in [0.4, 0.5) is 11.4 Å². The first kappa shape index (κ1) is 22.9. The summed E-state index contributed by atoms with van der Waals surface area (Å²) in [5.41, 5.74) is 0.458. The van der Waals surface area contributed by atoms with Gasteiger partial charge in [0, 0.05) is 37.8 Å². The fourth-order valence-electron chi connectivity index (χ4n) is 3.49. The van der Waals surface area contributed by atoms with E-state index in [1.807, 2.05) is 61.2 Å². The van der Waals surface area contributed by atoms with Gasteiger partial charge in [0.1, 0.15) is 5.75 Å². The smallest absolute Gasteiger partial charge is 0.267 e. The molecule has 31 heavy (non-hydrogen) atoms. The first-order valence-electron chi connectivity index (χ1n) is 10.6. The van der Waals surface area contributed by atoms with Crippen LogP contribution in [-0.2, 0) is 9.59 Å². The maximum atomic E-state index is 12.8. The van der Waals surface area contributed by atoms with Crippen LogP contribution in [0, 0.1) is 5.92 Å². The van der Waals surface area contributed by atoms with Crippen LogP contribution in [0.1, 0.15) is 27.7 Å². The lowest BCUT2D eigenvalue weighted by atomic mass is 10.1. The Morgan fingerprint density at radius 3 is 2.26 bits per heavy atom. The summed E-state index contributed by atoms with van der Waals surface area (Å²) >= 11 is 6.53. The van der Waals surface area contributed by atoms with Gasteiger partial charge in [0.15, 0.2) is 5.60 Å². The Morgan fingerprint density at radius 2 is 1.68 bits per heavy atom. The monoisotopic (exact) mass is 443 g/mol. The molecule has 0 unspecified atom stereocenters. The molecule has 7 heteroatoms. The first-order valence-corrected chi connectivity index (χ1v) is 10.9. The molecule has 6 nitrogen and oxygen atoms in total. The highest BCUT2D eigenvalue weighted by molar-refractivity contribution is 6.33. The Morgan fingerprint density at radius 1 is 1.03 bits per heavy atom. The molecule has 1 saturated heterocycles. The van der Waals surface area contributed by atoms with Gasteiger partial charge in [0.2, 0.25) is 5.91 Å². The fourth-order valence-corrected chi connectivity index (χ4v) is 3.79. The van der Waals surface area contributed by atoms with Gasteiger partial charge < -0.3 is 19.9 Å². The van der Waals surface area contributed by atoms with Crippen LogP contribution in [0.15, 0.2) is 48.5 Å². The molecule has 166 valence electrons. The summed E-state index contributed by atoms with van der Waals surface area (Å²) in [4.78, 5) is 29.0. The summed E-state index contributed by atoms with van der Waals surface area (Å²) in [5.74, 6) is 0.560. The van der Waals surface area contributed by atoms with Crippen molar-refractivity contribution >= 4 is 34.8 Å². The van der Waals surface area contributed by atoms with Gasteiger partial charge in [0.25, 0.3) is 5.91 Å². The molecule has 0 bridgehead atoms. The van der Waals surface area contributed by atoms with Crippen molar-refractivity contribution in [3.05, 3.63) is 53.6 Å². The van der Waals surface area contributed by atoms with E-state index in [1.54, 1.807) is 19.9 Å². The Balaban J connectivity index is 1.62. The molecule has 2 amide bonds. The third kappa shape index (κ3) is 5.70. The average molecular weight is 444 g/mol. The van der Waals surface area contributed by atoms with Gasteiger partial charge in [-0.2, -0.15) is 0 Å². The van der Waals surface area contributed by atoms with Crippen LogP contribution in [0.25, 0.3) is 0 Å². The van der Waals surface area contributed by atoms with E-state index < -0.39 is 5.60 Å². The Labute approximate surface area is 189 Å². The summed E-state index contributed by atoms with van der Waals surface area (Å²) in [6.45, 7) is 10.1. The van der Waals surface area contributed by atoms with E-state index in [-0.39, 0.29) is 17.7 Å². The number of para-hydroxylation sites is 1. The van der Waals surface area contributed by atoms with Crippen LogP contribution in [0.5, 0.6) is 5.75 Å². The third-order valence-electron chi connectivity index (χ3n) is 5.29. The number of ether oxygens (including phenoxy) is 1. The molecule has 0 saturated carbocycles. The molecule has 1 N–H and O–H groups in total. The van der Waals surface area contributed by atoms with Gasteiger partial charge in [0.05, 0.1) is 10.7 Å². The van der Waals surface area contributed by atoms with Gasteiger partial charge in [-0.1, -0.05) is 43.6 Å². The number of halogens is 1. The van der Waals surface area contributed by atoms with E-state index in [0.717, 1.165) is 18.8 Å². The lowest BCUT2D eigenvalue weighted by molar-refractivity contribution is -0.134. The molecular weight excluding hydrogens is 414 g/mol. The molecule has 3 rings (SSSR count). The van der Waals surface area contributed by atoms with Crippen LogP contribution >= 0.6 is 11.6 Å². The number of benzene rings is 2. The van der Waals surface area contributed by atoms with Crippen molar-refractivity contribution in [2.75, 3.05) is 36.4 Å². The molecule has 0 aromatic heterocycles. The number of rotatable bonds is 6. The van der Waals surface area contributed by atoms with Crippen LogP contribution in [-0.4, -0.2) is 48.5 Å². The number of hydrogen-bond acceptors (Lipinski definition) is 4. The maximum absolute atomic E-state index is 12.8. The molecule has 1 heterocycles. The van der Waals surface area contributed by atoms with Crippen molar-refractivity contribution in [3.63, 3.8) is 0 Å². The minimum atomic E-state index is -1.05. The van der Waals surface area contributed by atoms with E-state index in [1.165, 1.54) is 0 Å². The minimum absolute atomic E-state index is 0.00755. The molecule has 0 atom stereocenters. The van der Waals surface area contributed by atoms with Crippen molar-refractivity contribution in [1.82, 2.24) is 4.90 Å². The molecule has 0 radical (unpaired) electrons. The van der Waals surface area contributed by atoms with Gasteiger partial charge in [-0.25, -0.2) is 0 Å². The third-order valence-corrected chi connectivity index (χ3v) is 5.60. The predicted molar refractivity (Wildman–Crippen MR) is 125 cm³/mol. The summed E-state index contributed by atoms with van der Waals surface area (Å²) in [6, 6.07) is 14.7. The Kier molecular flexibility index (Phi) is 7.11. The van der Waals surface area contributed by atoms with Crippen molar-refractivity contribution < 1.29 is 14.3 Å². The summed E-state index contributed by atoms with van der Waals surface area (Å²) in [6.07, 6.45) is 0. The molecule has 1 fully saturated rings. The zero-order chi connectivity index (χ0) is 22.6. The SMILES string of the molecule is CC(C)C(=O)N1CCN(c2ccc(NC(=O)C(C)(C)Oc3ccccc3)cc2Cl)CC1. The molecule has 2 aromatic carbocycles. The minimum Gasteiger partial charge on any atom is -0.478 e. The number of carbonyl (C=O) groups excluding carboxylic acids is 2. The Bertz CT molecular complexity index is 923. The molecular formula is C24H30ClN3O3. The van der Waals surface area contributed by atoms with Gasteiger partial charge in [-0.15, -0.1) is 0 Å². The molecule has 0 aliphatic carbocycles. The van der Waals surface area contributed by atoms with Gasteiger partial charge >= 0.3 is 0 Å². The number of hydrogen-bond donors (Lipinski definition) is 1. The lowest BCUT2D eigenvalue weighted by Crippen LogP contribution is -2.50. The van der Waals surface area contributed by atoms with Crippen LogP contribution < -0.4 is 15.0 Å².